The number of hydrogen-bond donors (Lipinski definition) is 1. The van der Waals surface area contributed by atoms with Crippen LogP contribution in [0.4, 0.5) is 5.82 Å². The van der Waals surface area contributed by atoms with Crippen molar-refractivity contribution in [1.29, 1.82) is 0 Å². The molecular formula is C16H15N5OS. The molecule has 4 aromatic rings. The lowest BCUT2D eigenvalue weighted by atomic mass is 10.3. The van der Waals surface area contributed by atoms with Gasteiger partial charge in [-0.3, -0.25) is 0 Å². The minimum absolute atomic E-state index is 0.697. The van der Waals surface area contributed by atoms with E-state index < -0.39 is 0 Å². The Balaban J connectivity index is 1.40. The van der Waals surface area contributed by atoms with Crippen LogP contribution in [0, 0.1) is 6.92 Å². The van der Waals surface area contributed by atoms with Gasteiger partial charge < -0.3 is 9.73 Å². The SMILES string of the molecule is Cc1cc(NCCSc2nc3ccccc3o2)n2nccc2n1. The standard InChI is InChI=1S/C16H15N5OS/c1-11-10-15(21-14(19-11)6-7-18-21)17-8-9-23-16-20-12-4-2-3-5-13(12)22-16/h2-7,10,17H,8-9H2,1H3. The molecule has 0 radical (unpaired) electrons. The van der Waals surface area contributed by atoms with Gasteiger partial charge in [-0.05, 0) is 19.1 Å². The Morgan fingerprint density at radius 1 is 1.22 bits per heavy atom. The molecule has 23 heavy (non-hydrogen) atoms. The Bertz CT molecular complexity index is 928. The van der Waals surface area contributed by atoms with E-state index in [1.165, 1.54) is 0 Å². The van der Waals surface area contributed by atoms with Crippen molar-refractivity contribution in [3.63, 3.8) is 0 Å². The molecule has 0 atom stereocenters. The second-order valence-electron chi connectivity index (χ2n) is 5.11. The number of nitrogens with one attached hydrogen (secondary N) is 1. The van der Waals surface area contributed by atoms with Crippen LogP contribution in [0.25, 0.3) is 16.7 Å². The molecule has 0 spiro atoms. The summed E-state index contributed by atoms with van der Waals surface area (Å²) >= 11 is 1.59. The second kappa shape index (κ2) is 5.92. The zero-order chi connectivity index (χ0) is 15.6. The maximum absolute atomic E-state index is 5.69. The molecule has 0 saturated carbocycles. The first-order chi connectivity index (χ1) is 11.3. The monoisotopic (exact) mass is 325 g/mol. The maximum atomic E-state index is 5.69. The van der Waals surface area contributed by atoms with Gasteiger partial charge in [-0.25, -0.2) is 9.97 Å². The molecule has 0 unspecified atom stereocenters. The molecule has 0 saturated heterocycles. The Kier molecular flexibility index (Phi) is 3.63. The lowest BCUT2D eigenvalue weighted by Crippen LogP contribution is -2.09. The van der Waals surface area contributed by atoms with Gasteiger partial charge in [-0.15, -0.1) is 0 Å². The molecule has 6 nitrogen and oxygen atoms in total. The summed E-state index contributed by atoms with van der Waals surface area (Å²) in [5, 5.41) is 8.37. The van der Waals surface area contributed by atoms with Crippen LogP contribution in [-0.2, 0) is 0 Å². The smallest absolute Gasteiger partial charge is 0.256 e. The third-order valence-corrected chi connectivity index (χ3v) is 4.23. The van der Waals surface area contributed by atoms with Crippen molar-refractivity contribution in [2.45, 2.75) is 12.1 Å². The molecule has 116 valence electrons. The minimum Gasteiger partial charge on any atom is -0.431 e. The van der Waals surface area contributed by atoms with Crippen molar-refractivity contribution in [3.05, 3.63) is 48.3 Å². The lowest BCUT2D eigenvalue weighted by Gasteiger charge is -2.08. The predicted molar refractivity (Wildman–Crippen MR) is 90.9 cm³/mol. The van der Waals surface area contributed by atoms with Crippen molar-refractivity contribution in [1.82, 2.24) is 19.6 Å². The normalized spacial score (nSPS) is 11.3. The van der Waals surface area contributed by atoms with E-state index in [9.17, 15) is 0 Å². The summed E-state index contributed by atoms with van der Waals surface area (Å²) in [5.41, 5.74) is 3.53. The van der Waals surface area contributed by atoms with E-state index in [-0.39, 0.29) is 0 Å². The molecule has 1 aromatic carbocycles. The molecule has 3 heterocycles. The average molecular weight is 325 g/mol. The van der Waals surface area contributed by atoms with E-state index in [4.69, 9.17) is 4.42 Å². The summed E-state index contributed by atoms with van der Waals surface area (Å²) in [6.45, 7) is 2.76. The molecule has 4 rings (SSSR count). The Morgan fingerprint density at radius 3 is 3.04 bits per heavy atom. The number of nitrogens with zero attached hydrogens (tertiary/aromatic N) is 4. The first-order valence-corrected chi connectivity index (χ1v) is 8.32. The summed E-state index contributed by atoms with van der Waals surface area (Å²) in [4.78, 5) is 8.88. The fraction of sp³-hybridized carbons (Fsp3) is 0.188. The number of aromatic nitrogens is 4. The van der Waals surface area contributed by atoms with E-state index in [2.05, 4.69) is 20.4 Å². The Labute approximate surface area is 136 Å². The van der Waals surface area contributed by atoms with Crippen LogP contribution in [0.1, 0.15) is 5.69 Å². The van der Waals surface area contributed by atoms with E-state index in [0.717, 1.165) is 40.6 Å². The van der Waals surface area contributed by atoms with Crippen LogP contribution in [0.5, 0.6) is 0 Å². The molecule has 0 aliphatic heterocycles. The Hall–Kier alpha value is -2.54. The van der Waals surface area contributed by atoms with Gasteiger partial charge in [0.2, 0.25) is 0 Å². The van der Waals surface area contributed by atoms with E-state index in [1.807, 2.05) is 43.3 Å². The highest BCUT2D eigenvalue weighted by Gasteiger charge is 2.06. The maximum Gasteiger partial charge on any atom is 0.256 e. The van der Waals surface area contributed by atoms with E-state index in [1.54, 1.807) is 22.5 Å². The van der Waals surface area contributed by atoms with Crippen LogP contribution >= 0.6 is 11.8 Å². The summed E-state index contributed by atoms with van der Waals surface area (Å²) in [7, 11) is 0. The third-order valence-electron chi connectivity index (χ3n) is 3.40. The van der Waals surface area contributed by atoms with Gasteiger partial charge in [0.15, 0.2) is 11.2 Å². The number of aryl methyl sites for hydroxylation is 1. The van der Waals surface area contributed by atoms with Gasteiger partial charge in [-0.1, -0.05) is 23.9 Å². The van der Waals surface area contributed by atoms with Crippen LogP contribution < -0.4 is 5.32 Å². The van der Waals surface area contributed by atoms with Crippen LogP contribution in [0.2, 0.25) is 0 Å². The van der Waals surface area contributed by atoms with E-state index in [0.29, 0.717) is 5.22 Å². The largest absolute Gasteiger partial charge is 0.431 e. The van der Waals surface area contributed by atoms with Crippen LogP contribution in [0.15, 0.2) is 52.2 Å². The highest BCUT2D eigenvalue weighted by atomic mass is 32.2. The first-order valence-electron chi connectivity index (χ1n) is 7.33. The first kappa shape index (κ1) is 14.1. The van der Waals surface area contributed by atoms with Gasteiger partial charge in [0.1, 0.15) is 11.3 Å². The predicted octanol–water partition coefficient (Wildman–Crippen LogP) is 3.38. The highest BCUT2D eigenvalue weighted by molar-refractivity contribution is 7.99. The number of oxazole rings is 1. The molecule has 0 aliphatic carbocycles. The quantitative estimate of drug-likeness (QED) is 0.448. The van der Waals surface area contributed by atoms with Gasteiger partial charge in [-0.2, -0.15) is 9.61 Å². The number of rotatable bonds is 5. The molecule has 0 fully saturated rings. The molecule has 3 aromatic heterocycles. The van der Waals surface area contributed by atoms with Crippen molar-refractivity contribution < 1.29 is 4.42 Å². The van der Waals surface area contributed by atoms with Gasteiger partial charge in [0.05, 0.1) is 6.20 Å². The van der Waals surface area contributed by atoms with Gasteiger partial charge >= 0.3 is 0 Å². The van der Waals surface area contributed by atoms with Gasteiger partial charge in [0, 0.05) is 30.1 Å². The fourth-order valence-corrected chi connectivity index (χ4v) is 3.09. The Morgan fingerprint density at radius 2 is 2.13 bits per heavy atom. The number of anilines is 1. The second-order valence-corrected chi connectivity index (χ2v) is 6.15. The molecule has 1 N–H and O–H groups in total. The number of hydrogen-bond acceptors (Lipinski definition) is 6. The topological polar surface area (TPSA) is 68.2 Å². The lowest BCUT2D eigenvalue weighted by molar-refractivity contribution is 0.489. The summed E-state index contributed by atoms with van der Waals surface area (Å²) in [5.74, 6) is 1.78. The number of fused-ring (bicyclic) bond motifs is 2. The molecule has 7 heteroatoms. The summed E-state index contributed by atoms with van der Waals surface area (Å²) in [6.07, 6.45) is 1.75. The molecule has 0 aliphatic rings. The zero-order valence-corrected chi connectivity index (χ0v) is 13.4. The molecule has 0 amide bonds. The number of para-hydroxylation sites is 2. The summed E-state index contributed by atoms with van der Waals surface area (Å²) < 4.78 is 7.50. The van der Waals surface area contributed by atoms with Crippen molar-refractivity contribution in [2.75, 3.05) is 17.6 Å². The molecule has 0 bridgehead atoms. The molecular weight excluding hydrogens is 310 g/mol. The average Bonchev–Trinajstić information content (AvgIpc) is 3.17. The third kappa shape index (κ3) is 2.87. The van der Waals surface area contributed by atoms with Crippen LogP contribution in [0.3, 0.4) is 0 Å². The van der Waals surface area contributed by atoms with E-state index >= 15 is 0 Å². The van der Waals surface area contributed by atoms with Crippen molar-refractivity contribution in [2.24, 2.45) is 0 Å². The highest BCUT2D eigenvalue weighted by Crippen LogP contribution is 2.23. The number of thioether (sulfide) groups is 1. The van der Waals surface area contributed by atoms with Gasteiger partial charge in [0.25, 0.3) is 5.22 Å². The number of benzene rings is 1. The van der Waals surface area contributed by atoms with Crippen molar-refractivity contribution in [3.8, 4) is 0 Å². The fourth-order valence-electron chi connectivity index (χ4n) is 2.39. The van der Waals surface area contributed by atoms with Crippen molar-refractivity contribution >= 4 is 34.3 Å². The zero-order valence-electron chi connectivity index (χ0n) is 12.6. The summed E-state index contributed by atoms with van der Waals surface area (Å²) in [6, 6.07) is 11.7. The van der Waals surface area contributed by atoms with Crippen LogP contribution in [-0.4, -0.2) is 31.9 Å². The minimum atomic E-state index is 0.697.